The molecule has 17 heavy (non-hydrogen) atoms. The fraction of sp³-hybridized carbons (Fsp3) is 0.538. The monoisotopic (exact) mass is 237 g/mol. The van der Waals surface area contributed by atoms with Crippen molar-refractivity contribution < 1.29 is 4.74 Å². The molecule has 0 heterocycles. The maximum absolute atomic E-state index is 5.77. The van der Waals surface area contributed by atoms with E-state index in [-0.39, 0.29) is 0 Å². The van der Waals surface area contributed by atoms with Gasteiger partial charge in [-0.1, -0.05) is 0 Å². The van der Waals surface area contributed by atoms with Crippen LogP contribution in [0, 0.1) is 6.92 Å². The number of nitrogen functional groups attached to an aromatic ring is 1. The van der Waals surface area contributed by atoms with Crippen molar-refractivity contribution in [2.75, 3.05) is 51.4 Å². The second-order valence-corrected chi connectivity index (χ2v) is 4.29. The highest BCUT2D eigenvalue weighted by atomic mass is 16.5. The Hall–Kier alpha value is -1.26. The molecule has 0 saturated carbocycles. The van der Waals surface area contributed by atoms with E-state index >= 15 is 0 Å². The van der Waals surface area contributed by atoms with Gasteiger partial charge < -0.3 is 20.7 Å². The topological polar surface area (TPSA) is 50.5 Å². The molecule has 1 aromatic carbocycles. The third kappa shape index (κ3) is 5.06. The summed E-state index contributed by atoms with van der Waals surface area (Å²) in [6.07, 6.45) is 0. The standard InChI is InChI=1S/C13H23N3O/c1-11-10-12(4-5-13(11)14)15-6-7-16(2)8-9-17-3/h4-5,10,15H,6-9,14H2,1-3H3. The number of hydrogen-bond donors (Lipinski definition) is 2. The van der Waals surface area contributed by atoms with E-state index in [0.717, 1.165) is 43.2 Å². The van der Waals surface area contributed by atoms with Gasteiger partial charge in [0.25, 0.3) is 0 Å². The first kappa shape index (κ1) is 13.8. The van der Waals surface area contributed by atoms with E-state index in [1.165, 1.54) is 0 Å². The molecule has 0 bridgehead atoms. The maximum atomic E-state index is 5.77. The van der Waals surface area contributed by atoms with E-state index in [1.807, 2.05) is 19.1 Å². The largest absolute Gasteiger partial charge is 0.399 e. The van der Waals surface area contributed by atoms with Crippen molar-refractivity contribution in [3.63, 3.8) is 0 Å². The summed E-state index contributed by atoms with van der Waals surface area (Å²) < 4.78 is 5.03. The van der Waals surface area contributed by atoms with Gasteiger partial charge in [0.2, 0.25) is 0 Å². The lowest BCUT2D eigenvalue weighted by Gasteiger charge is -2.17. The van der Waals surface area contributed by atoms with Crippen molar-refractivity contribution in [3.8, 4) is 0 Å². The minimum absolute atomic E-state index is 0.775. The zero-order valence-electron chi connectivity index (χ0n) is 11.0. The van der Waals surface area contributed by atoms with Crippen LogP contribution in [0.15, 0.2) is 18.2 Å². The maximum Gasteiger partial charge on any atom is 0.0589 e. The zero-order chi connectivity index (χ0) is 12.7. The first-order chi connectivity index (χ1) is 8.13. The Morgan fingerprint density at radius 3 is 2.76 bits per heavy atom. The highest BCUT2D eigenvalue weighted by Crippen LogP contribution is 2.16. The summed E-state index contributed by atoms with van der Waals surface area (Å²) in [6.45, 7) is 5.66. The smallest absolute Gasteiger partial charge is 0.0589 e. The first-order valence-electron chi connectivity index (χ1n) is 5.91. The van der Waals surface area contributed by atoms with Crippen molar-refractivity contribution >= 4 is 11.4 Å². The van der Waals surface area contributed by atoms with Gasteiger partial charge in [-0.25, -0.2) is 0 Å². The van der Waals surface area contributed by atoms with Crippen molar-refractivity contribution in [2.24, 2.45) is 0 Å². The number of anilines is 2. The fourth-order valence-corrected chi connectivity index (χ4v) is 1.54. The highest BCUT2D eigenvalue weighted by Gasteiger charge is 1.99. The van der Waals surface area contributed by atoms with E-state index in [0.29, 0.717) is 0 Å². The molecule has 0 aliphatic rings. The number of likely N-dealkylation sites (N-methyl/N-ethyl adjacent to an activating group) is 1. The molecule has 3 N–H and O–H groups in total. The lowest BCUT2D eigenvalue weighted by atomic mass is 10.2. The van der Waals surface area contributed by atoms with Gasteiger partial charge in [0.1, 0.15) is 0 Å². The van der Waals surface area contributed by atoms with Gasteiger partial charge in [-0.05, 0) is 37.7 Å². The van der Waals surface area contributed by atoms with Crippen LogP contribution in [-0.2, 0) is 4.74 Å². The number of hydrogen-bond acceptors (Lipinski definition) is 4. The Bertz CT molecular complexity index is 341. The minimum Gasteiger partial charge on any atom is -0.399 e. The molecular formula is C13H23N3O. The number of nitrogens with zero attached hydrogens (tertiary/aromatic N) is 1. The van der Waals surface area contributed by atoms with E-state index in [9.17, 15) is 0 Å². The Kier molecular flexibility index (Phi) is 5.80. The molecular weight excluding hydrogens is 214 g/mol. The lowest BCUT2D eigenvalue weighted by molar-refractivity contribution is 0.163. The third-order valence-electron chi connectivity index (χ3n) is 2.77. The second-order valence-electron chi connectivity index (χ2n) is 4.29. The van der Waals surface area contributed by atoms with Crippen LogP contribution in [0.5, 0.6) is 0 Å². The molecule has 0 aliphatic carbocycles. The van der Waals surface area contributed by atoms with Gasteiger partial charge in [0, 0.05) is 38.1 Å². The van der Waals surface area contributed by atoms with E-state index in [4.69, 9.17) is 10.5 Å². The average Bonchev–Trinajstić information content (AvgIpc) is 2.31. The van der Waals surface area contributed by atoms with Gasteiger partial charge in [-0.15, -0.1) is 0 Å². The van der Waals surface area contributed by atoms with E-state index in [2.05, 4.69) is 23.3 Å². The van der Waals surface area contributed by atoms with Crippen LogP contribution < -0.4 is 11.1 Å². The third-order valence-corrected chi connectivity index (χ3v) is 2.77. The SMILES string of the molecule is COCCN(C)CCNc1ccc(N)c(C)c1. The molecule has 4 heteroatoms. The molecule has 0 atom stereocenters. The molecule has 1 aromatic rings. The number of methoxy groups -OCH3 is 1. The number of nitrogens with two attached hydrogens (primary N) is 1. The molecule has 1 rings (SSSR count). The van der Waals surface area contributed by atoms with Gasteiger partial charge >= 0.3 is 0 Å². The Labute approximate surface area is 104 Å². The molecule has 0 fully saturated rings. The normalized spacial score (nSPS) is 10.8. The second kappa shape index (κ2) is 7.14. The van der Waals surface area contributed by atoms with Crippen LogP contribution in [0.2, 0.25) is 0 Å². The van der Waals surface area contributed by atoms with Crippen LogP contribution >= 0.6 is 0 Å². The molecule has 4 nitrogen and oxygen atoms in total. The lowest BCUT2D eigenvalue weighted by Crippen LogP contribution is -2.28. The molecule has 0 saturated heterocycles. The van der Waals surface area contributed by atoms with Crippen LogP contribution in [0.3, 0.4) is 0 Å². The summed E-state index contributed by atoms with van der Waals surface area (Å²) in [4.78, 5) is 2.24. The summed E-state index contributed by atoms with van der Waals surface area (Å²) in [5.74, 6) is 0. The van der Waals surface area contributed by atoms with Gasteiger partial charge in [0.05, 0.1) is 6.61 Å². The van der Waals surface area contributed by atoms with Crippen LogP contribution in [0.4, 0.5) is 11.4 Å². The summed E-state index contributed by atoms with van der Waals surface area (Å²) in [5.41, 5.74) is 8.85. The molecule has 0 aromatic heterocycles. The Balaban J connectivity index is 2.28. The molecule has 0 spiro atoms. The number of nitrogens with one attached hydrogen (secondary N) is 1. The molecule has 0 radical (unpaired) electrons. The molecule has 0 unspecified atom stereocenters. The molecule has 0 aliphatic heterocycles. The van der Waals surface area contributed by atoms with E-state index < -0.39 is 0 Å². The Morgan fingerprint density at radius 2 is 2.12 bits per heavy atom. The highest BCUT2D eigenvalue weighted by molar-refractivity contribution is 5.56. The fourth-order valence-electron chi connectivity index (χ4n) is 1.54. The van der Waals surface area contributed by atoms with Crippen LogP contribution in [0.25, 0.3) is 0 Å². The quantitative estimate of drug-likeness (QED) is 0.707. The van der Waals surface area contributed by atoms with Crippen molar-refractivity contribution in [3.05, 3.63) is 23.8 Å². The van der Waals surface area contributed by atoms with Gasteiger partial charge in [-0.3, -0.25) is 0 Å². The number of ether oxygens (including phenoxy) is 1. The predicted molar refractivity (Wildman–Crippen MR) is 73.5 cm³/mol. The van der Waals surface area contributed by atoms with Crippen LogP contribution in [-0.4, -0.2) is 45.3 Å². The number of benzene rings is 1. The molecule has 96 valence electrons. The van der Waals surface area contributed by atoms with Gasteiger partial charge in [-0.2, -0.15) is 0 Å². The van der Waals surface area contributed by atoms with Gasteiger partial charge in [0.15, 0.2) is 0 Å². The number of aryl methyl sites for hydroxylation is 1. The van der Waals surface area contributed by atoms with Crippen LogP contribution in [0.1, 0.15) is 5.56 Å². The molecule has 0 amide bonds. The summed E-state index contributed by atoms with van der Waals surface area (Å²) >= 11 is 0. The van der Waals surface area contributed by atoms with E-state index in [1.54, 1.807) is 7.11 Å². The summed E-state index contributed by atoms with van der Waals surface area (Å²) in [7, 11) is 3.82. The minimum atomic E-state index is 0.775. The van der Waals surface area contributed by atoms with Crippen molar-refractivity contribution in [1.29, 1.82) is 0 Å². The summed E-state index contributed by atoms with van der Waals surface area (Å²) in [5, 5.41) is 3.38. The average molecular weight is 237 g/mol. The van der Waals surface area contributed by atoms with Crippen molar-refractivity contribution in [2.45, 2.75) is 6.92 Å². The first-order valence-corrected chi connectivity index (χ1v) is 5.91. The van der Waals surface area contributed by atoms with Crippen molar-refractivity contribution in [1.82, 2.24) is 4.90 Å². The predicted octanol–water partition coefficient (Wildman–Crippen LogP) is 1.57. The Morgan fingerprint density at radius 1 is 1.35 bits per heavy atom. The zero-order valence-corrected chi connectivity index (χ0v) is 11.0. The summed E-state index contributed by atoms with van der Waals surface area (Å²) in [6, 6.07) is 6.02. The number of rotatable bonds is 7.